The van der Waals surface area contributed by atoms with Gasteiger partial charge in [0.05, 0.1) is 0 Å². The highest BCUT2D eigenvalue weighted by molar-refractivity contribution is 5.74. The van der Waals surface area contributed by atoms with Crippen molar-refractivity contribution in [1.82, 2.24) is 15.2 Å². The van der Waals surface area contributed by atoms with Crippen molar-refractivity contribution >= 4 is 6.03 Å². The Hall–Kier alpha value is -3.34. The van der Waals surface area contributed by atoms with Gasteiger partial charge in [-0.05, 0) is 60.2 Å². The van der Waals surface area contributed by atoms with Crippen LogP contribution in [0, 0.1) is 5.92 Å². The van der Waals surface area contributed by atoms with E-state index in [1.165, 1.54) is 5.56 Å². The maximum Gasteiger partial charge on any atom is 0.317 e. The molecule has 1 aliphatic rings. The number of rotatable bonds is 6. The number of urea groups is 1. The Morgan fingerprint density at radius 3 is 2.55 bits per heavy atom. The highest BCUT2D eigenvalue weighted by Crippen LogP contribution is 2.22. The van der Waals surface area contributed by atoms with E-state index in [-0.39, 0.29) is 6.03 Å². The van der Waals surface area contributed by atoms with Gasteiger partial charge in [0.15, 0.2) is 0 Å². The fraction of sp³-hybridized carbons (Fsp3) is 0.250. The summed E-state index contributed by atoms with van der Waals surface area (Å²) in [6, 6.07) is 21.6. The number of carbonyl (C=O) groups excluding carboxylic acids is 1. The predicted octanol–water partition coefficient (Wildman–Crippen LogP) is 4.65. The molecule has 5 heteroatoms. The predicted molar refractivity (Wildman–Crippen MR) is 113 cm³/mol. The smallest absolute Gasteiger partial charge is 0.317 e. The van der Waals surface area contributed by atoms with Crippen LogP contribution in [0.3, 0.4) is 0 Å². The zero-order valence-electron chi connectivity index (χ0n) is 16.3. The lowest BCUT2D eigenvalue weighted by Crippen LogP contribution is -2.38. The van der Waals surface area contributed by atoms with Crippen LogP contribution in [0.15, 0.2) is 79.1 Å². The van der Waals surface area contributed by atoms with Gasteiger partial charge in [-0.3, -0.25) is 4.98 Å². The third-order valence-electron chi connectivity index (χ3n) is 5.17. The second-order valence-electron chi connectivity index (χ2n) is 7.38. The second-order valence-corrected chi connectivity index (χ2v) is 7.38. The molecule has 2 amide bonds. The first-order valence-corrected chi connectivity index (χ1v) is 10.00. The van der Waals surface area contributed by atoms with Gasteiger partial charge in [0, 0.05) is 32.0 Å². The maximum absolute atomic E-state index is 12.5. The number of aromatic nitrogens is 1. The maximum atomic E-state index is 12.5. The zero-order valence-corrected chi connectivity index (χ0v) is 16.3. The minimum Gasteiger partial charge on any atom is -0.457 e. The molecule has 0 spiro atoms. The molecule has 1 atom stereocenters. The average Bonchev–Trinajstić information content (AvgIpc) is 3.23. The highest BCUT2D eigenvalue weighted by atomic mass is 16.5. The van der Waals surface area contributed by atoms with Crippen LogP contribution in [0.5, 0.6) is 11.5 Å². The lowest BCUT2D eigenvalue weighted by molar-refractivity contribution is 0.206. The molecule has 1 fully saturated rings. The third-order valence-corrected chi connectivity index (χ3v) is 5.17. The molecule has 0 aliphatic carbocycles. The molecular formula is C24H25N3O2. The summed E-state index contributed by atoms with van der Waals surface area (Å²) in [5, 5.41) is 3.03. The van der Waals surface area contributed by atoms with Gasteiger partial charge in [-0.1, -0.05) is 36.4 Å². The van der Waals surface area contributed by atoms with Gasteiger partial charge in [-0.25, -0.2) is 4.79 Å². The summed E-state index contributed by atoms with van der Waals surface area (Å²) >= 11 is 0. The van der Waals surface area contributed by atoms with E-state index in [9.17, 15) is 4.79 Å². The number of amides is 2. The topological polar surface area (TPSA) is 54.5 Å². The van der Waals surface area contributed by atoms with Crippen LogP contribution >= 0.6 is 0 Å². The molecule has 2 aromatic carbocycles. The molecule has 148 valence electrons. The number of para-hydroxylation sites is 1. The monoisotopic (exact) mass is 387 g/mol. The Labute approximate surface area is 171 Å². The van der Waals surface area contributed by atoms with Crippen LogP contribution in [-0.2, 0) is 13.0 Å². The molecule has 4 rings (SSSR count). The number of hydrogen-bond donors (Lipinski definition) is 1. The summed E-state index contributed by atoms with van der Waals surface area (Å²) in [7, 11) is 0. The van der Waals surface area contributed by atoms with Crippen LogP contribution < -0.4 is 10.1 Å². The molecule has 0 saturated carbocycles. The molecule has 1 unspecified atom stereocenters. The number of hydrogen-bond acceptors (Lipinski definition) is 3. The van der Waals surface area contributed by atoms with E-state index in [1.54, 1.807) is 6.20 Å². The van der Waals surface area contributed by atoms with E-state index < -0.39 is 0 Å². The number of nitrogens with one attached hydrogen (secondary N) is 1. The van der Waals surface area contributed by atoms with Gasteiger partial charge < -0.3 is 15.0 Å². The van der Waals surface area contributed by atoms with Crippen LogP contribution in [-0.4, -0.2) is 29.0 Å². The van der Waals surface area contributed by atoms with Crippen LogP contribution in [0.1, 0.15) is 17.5 Å². The zero-order chi connectivity index (χ0) is 19.9. The third kappa shape index (κ3) is 5.35. The van der Waals surface area contributed by atoms with Crippen molar-refractivity contribution in [3.63, 3.8) is 0 Å². The number of nitrogens with zero attached hydrogens (tertiary/aromatic N) is 2. The molecule has 3 aromatic rings. The highest BCUT2D eigenvalue weighted by Gasteiger charge is 2.26. The van der Waals surface area contributed by atoms with Crippen molar-refractivity contribution in [3.05, 3.63) is 90.3 Å². The number of likely N-dealkylation sites (tertiary alicyclic amines) is 1. The molecule has 1 aromatic heterocycles. The Morgan fingerprint density at radius 2 is 1.79 bits per heavy atom. The first-order valence-electron chi connectivity index (χ1n) is 10.00. The van der Waals surface area contributed by atoms with Crippen LogP contribution in [0.25, 0.3) is 0 Å². The summed E-state index contributed by atoms with van der Waals surface area (Å²) < 4.78 is 5.80. The summed E-state index contributed by atoms with van der Waals surface area (Å²) in [5.41, 5.74) is 2.28. The van der Waals surface area contributed by atoms with Crippen molar-refractivity contribution in [3.8, 4) is 11.5 Å². The largest absolute Gasteiger partial charge is 0.457 e. The summed E-state index contributed by atoms with van der Waals surface area (Å²) in [4.78, 5) is 18.6. The van der Waals surface area contributed by atoms with E-state index in [0.29, 0.717) is 12.5 Å². The Bertz CT molecular complexity index is 914. The fourth-order valence-electron chi connectivity index (χ4n) is 3.63. The quantitative estimate of drug-likeness (QED) is 0.670. The minimum absolute atomic E-state index is 0.00305. The molecule has 29 heavy (non-hydrogen) atoms. The SMILES string of the molecule is O=C(NCc1ccc(Oc2ccccc2)cc1)N1CCC(Cc2cccnc2)C1. The van der Waals surface area contributed by atoms with E-state index >= 15 is 0 Å². The number of pyridine rings is 1. The molecule has 1 N–H and O–H groups in total. The van der Waals surface area contributed by atoms with Gasteiger partial charge in [-0.2, -0.15) is 0 Å². The van der Waals surface area contributed by atoms with Gasteiger partial charge in [0.1, 0.15) is 11.5 Å². The summed E-state index contributed by atoms with van der Waals surface area (Å²) in [6.45, 7) is 2.11. The normalized spacial score (nSPS) is 15.9. The van der Waals surface area contributed by atoms with Gasteiger partial charge >= 0.3 is 6.03 Å². The van der Waals surface area contributed by atoms with Crippen LogP contribution in [0.4, 0.5) is 4.79 Å². The molecule has 0 radical (unpaired) electrons. The lowest BCUT2D eigenvalue weighted by atomic mass is 10.0. The number of ether oxygens (including phenoxy) is 1. The van der Waals surface area contributed by atoms with Crippen molar-refractivity contribution in [2.45, 2.75) is 19.4 Å². The van der Waals surface area contributed by atoms with E-state index in [1.807, 2.05) is 71.8 Å². The van der Waals surface area contributed by atoms with E-state index in [2.05, 4.69) is 16.4 Å². The lowest BCUT2D eigenvalue weighted by Gasteiger charge is -2.17. The summed E-state index contributed by atoms with van der Waals surface area (Å²) in [5.74, 6) is 2.09. The van der Waals surface area contributed by atoms with Gasteiger partial charge in [0.25, 0.3) is 0 Å². The van der Waals surface area contributed by atoms with E-state index in [4.69, 9.17) is 4.74 Å². The Morgan fingerprint density at radius 1 is 1.00 bits per heavy atom. The number of benzene rings is 2. The van der Waals surface area contributed by atoms with Gasteiger partial charge in [-0.15, -0.1) is 0 Å². The minimum atomic E-state index is 0.00305. The molecule has 2 heterocycles. The Balaban J connectivity index is 1.23. The number of carbonyl (C=O) groups is 1. The first kappa shape index (κ1) is 19.0. The molecule has 0 bridgehead atoms. The standard InChI is InChI=1S/C24H25N3O2/c28-24(27-14-12-21(18-27)15-20-5-4-13-25-16-20)26-17-19-8-10-23(11-9-19)29-22-6-2-1-3-7-22/h1-11,13,16,21H,12,14-15,17-18H2,(H,26,28). The van der Waals surface area contributed by atoms with Crippen molar-refractivity contribution in [2.75, 3.05) is 13.1 Å². The van der Waals surface area contributed by atoms with Crippen molar-refractivity contribution < 1.29 is 9.53 Å². The molecule has 5 nitrogen and oxygen atoms in total. The average molecular weight is 387 g/mol. The Kier molecular flexibility index (Phi) is 6.05. The fourth-order valence-corrected chi connectivity index (χ4v) is 3.63. The molecular weight excluding hydrogens is 362 g/mol. The van der Waals surface area contributed by atoms with Crippen LogP contribution in [0.2, 0.25) is 0 Å². The molecule has 1 saturated heterocycles. The van der Waals surface area contributed by atoms with Crippen molar-refractivity contribution in [1.29, 1.82) is 0 Å². The second kappa shape index (κ2) is 9.24. The van der Waals surface area contributed by atoms with Gasteiger partial charge in [0.2, 0.25) is 0 Å². The van der Waals surface area contributed by atoms with Crippen molar-refractivity contribution in [2.24, 2.45) is 5.92 Å². The first-order chi connectivity index (χ1) is 14.3. The molecule has 1 aliphatic heterocycles. The van der Waals surface area contributed by atoms with E-state index in [0.717, 1.165) is 43.0 Å². The summed E-state index contributed by atoms with van der Waals surface area (Å²) in [6.07, 6.45) is 5.71.